The first kappa shape index (κ1) is 23.5. The molecule has 5 rings (SSSR count). The highest BCUT2D eigenvalue weighted by molar-refractivity contribution is 5.95. The second-order valence-corrected chi connectivity index (χ2v) is 9.43. The van der Waals surface area contributed by atoms with Gasteiger partial charge in [0.25, 0.3) is 0 Å². The largest absolute Gasteiger partial charge is 0.416 e. The predicted octanol–water partition coefficient (Wildman–Crippen LogP) is 3.98. The lowest BCUT2D eigenvalue weighted by atomic mass is 9.57. The lowest BCUT2D eigenvalue weighted by Crippen LogP contribution is -2.59. The molecule has 1 aromatic carbocycles. The fourth-order valence-electron chi connectivity index (χ4n) is 5.40. The van der Waals surface area contributed by atoms with Crippen LogP contribution in [0.3, 0.4) is 0 Å². The molecule has 4 fully saturated rings. The molecule has 1 heterocycles. The summed E-state index contributed by atoms with van der Waals surface area (Å²) >= 11 is 0. The van der Waals surface area contributed by atoms with Gasteiger partial charge >= 0.3 is 6.18 Å². The Labute approximate surface area is 189 Å². The number of rotatable bonds is 5. The van der Waals surface area contributed by atoms with Crippen molar-refractivity contribution in [3.63, 3.8) is 0 Å². The van der Waals surface area contributed by atoms with Crippen molar-refractivity contribution in [1.29, 1.82) is 5.26 Å². The number of nitrogens with one attached hydrogen (secondary N) is 2. The Morgan fingerprint density at radius 1 is 1.15 bits per heavy atom. The maximum absolute atomic E-state index is 14.2. The summed E-state index contributed by atoms with van der Waals surface area (Å²) in [6.45, 7) is 0.740. The second kappa shape index (κ2) is 8.60. The van der Waals surface area contributed by atoms with Crippen molar-refractivity contribution in [3.8, 4) is 6.07 Å². The molecule has 0 spiro atoms. The maximum Gasteiger partial charge on any atom is 0.416 e. The van der Waals surface area contributed by atoms with Crippen LogP contribution in [-0.2, 0) is 15.8 Å². The summed E-state index contributed by atoms with van der Waals surface area (Å²) in [7, 11) is 0. The van der Waals surface area contributed by atoms with Crippen LogP contribution in [0.1, 0.15) is 56.9 Å². The van der Waals surface area contributed by atoms with Gasteiger partial charge in [0, 0.05) is 17.5 Å². The van der Waals surface area contributed by atoms with E-state index in [1.807, 2.05) is 0 Å². The van der Waals surface area contributed by atoms with Crippen LogP contribution in [0.5, 0.6) is 0 Å². The number of fused-ring (bicyclic) bond motifs is 3. The van der Waals surface area contributed by atoms with Crippen molar-refractivity contribution in [2.24, 2.45) is 5.41 Å². The van der Waals surface area contributed by atoms with Gasteiger partial charge in [0.05, 0.1) is 23.9 Å². The van der Waals surface area contributed by atoms with E-state index in [1.54, 1.807) is 4.90 Å². The highest BCUT2D eigenvalue weighted by Crippen LogP contribution is 2.53. The Morgan fingerprint density at radius 2 is 1.82 bits per heavy atom. The SMILES string of the molecule is N#CC1CCCN1C(=O)CNC12CCC(C(=O)Nc3ccc(C(F)(F)F)cc3F)(CC1)CC2. The van der Waals surface area contributed by atoms with Gasteiger partial charge in [-0.2, -0.15) is 18.4 Å². The number of hydrogen-bond acceptors (Lipinski definition) is 4. The first-order chi connectivity index (χ1) is 15.6. The number of alkyl halides is 3. The summed E-state index contributed by atoms with van der Waals surface area (Å²) in [5.74, 6) is -1.58. The van der Waals surface area contributed by atoms with Gasteiger partial charge in [-0.05, 0) is 69.6 Å². The number of likely N-dealkylation sites (tertiary alicyclic amines) is 1. The van der Waals surface area contributed by atoms with Crippen LogP contribution in [0.25, 0.3) is 0 Å². The number of anilines is 1. The third-order valence-corrected chi connectivity index (χ3v) is 7.61. The molecule has 1 aliphatic heterocycles. The van der Waals surface area contributed by atoms with E-state index in [1.165, 1.54) is 0 Å². The van der Waals surface area contributed by atoms with Gasteiger partial charge in [-0.15, -0.1) is 0 Å². The molecule has 2 bridgehead atoms. The van der Waals surface area contributed by atoms with Gasteiger partial charge in [-0.25, -0.2) is 4.39 Å². The van der Waals surface area contributed by atoms with Crippen molar-refractivity contribution < 1.29 is 27.2 Å². The lowest BCUT2D eigenvalue weighted by Gasteiger charge is -2.52. The highest BCUT2D eigenvalue weighted by atomic mass is 19.4. The zero-order valence-corrected chi connectivity index (χ0v) is 18.1. The summed E-state index contributed by atoms with van der Waals surface area (Å²) in [4.78, 5) is 27.2. The average Bonchev–Trinajstić information content (AvgIpc) is 3.28. The van der Waals surface area contributed by atoms with Gasteiger partial charge in [0.1, 0.15) is 11.9 Å². The molecular formula is C23H26F4N4O2. The summed E-state index contributed by atoms with van der Waals surface area (Å²) < 4.78 is 52.4. The Hall–Kier alpha value is -2.67. The van der Waals surface area contributed by atoms with E-state index in [0.717, 1.165) is 18.6 Å². The minimum absolute atomic E-state index is 0.0913. The zero-order chi connectivity index (χ0) is 23.9. The van der Waals surface area contributed by atoms with E-state index in [4.69, 9.17) is 0 Å². The van der Waals surface area contributed by atoms with E-state index < -0.39 is 23.0 Å². The second-order valence-electron chi connectivity index (χ2n) is 9.43. The highest BCUT2D eigenvalue weighted by Gasteiger charge is 2.52. The molecular weight excluding hydrogens is 440 g/mol. The summed E-state index contributed by atoms with van der Waals surface area (Å²) in [5.41, 5.74) is -2.30. The molecule has 2 amide bonds. The fourth-order valence-corrected chi connectivity index (χ4v) is 5.40. The van der Waals surface area contributed by atoms with E-state index in [-0.39, 0.29) is 35.6 Å². The average molecular weight is 466 g/mol. The number of carbonyl (C=O) groups excluding carboxylic acids is 2. The summed E-state index contributed by atoms with van der Waals surface area (Å²) in [6.07, 6.45) is 0.528. The molecule has 1 unspecified atom stereocenters. The van der Waals surface area contributed by atoms with E-state index in [9.17, 15) is 32.4 Å². The Bertz CT molecular complexity index is 963. The summed E-state index contributed by atoms with van der Waals surface area (Å²) in [5, 5.41) is 15.1. The van der Waals surface area contributed by atoms with Crippen molar-refractivity contribution >= 4 is 17.5 Å². The molecule has 1 aromatic rings. The van der Waals surface area contributed by atoms with E-state index >= 15 is 0 Å². The number of halogens is 4. The molecule has 0 aromatic heterocycles. The molecule has 0 radical (unpaired) electrons. The van der Waals surface area contributed by atoms with Crippen molar-refractivity contribution in [3.05, 3.63) is 29.6 Å². The third kappa shape index (κ3) is 4.56. The van der Waals surface area contributed by atoms with Gasteiger partial charge in [0.2, 0.25) is 11.8 Å². The number of carbonyl (C=O) groups is 2. The third-order valence-electron chi connectivity index (χ3n) is 7.61. The van der Waals surface area contributed by atoms with E-state index in [0.29, 0.717) is 57.6 Å². The zero-order valence-electron chi connectivity index (χ0n) is 18.1. The van der Waals surface area contributed by atoms with Crippen molar-refractivity contribution in [1.82, 2.24) is 10.2 Å². The molecule has 1 atom stereocenters. The van der Waals surface area contributed by atoms with Gasteiger partial charge in [0.15, 0.2) is 0 Å². The monoisotopic (exact) mass is 466 g/mol. The molecule has 178 valence electrons. The van der Waals surface area contributed by atoms with Crippen LogP contribution in [-0.4, -0.2) is 41.4 Å². The topological polar surface area (TPSA) is 85.2 Å². The normalized spacial score (nSPS) is 29.1. The van der Waals surface area contributed by atoms with Crippen LogP contribution >= 0.6 is 0 Å². The number of nitriles is 1. The fraction of sp³-hybridized carbons (Fsp3) is 0.609. The minimum atomic E-state index is -4.66. The smallest absolute Gasteiger partial charge is 0.326 e. The number of amides is 2. The van der Waals surface area contributed by atoms with Crippen LogP contribution in [0.15, 0.2) is 18.2 Å². The van der Waals surface area contributed by atoms with Gasteiger partial charge < -0.3 is 15.5 Å². The molecule has 3 aliphatic carbocycles. The predicted molar refractivity (Wildman–Crippen MR) is 111 cm³/mol. The molecule has 33 heavy (non-hydrogen) atoms. The first-order valence-electron chi connectivity index (χ1n) is 11.2. The van der Waals surface area contributed by atoms with E-state index in [2.05, 4.69) is 16.7 Å². The number of hydrogen-bond donors (Lipinski definition) is 2. The van der Waals surface area contributed by atoms with Gasteiger partial charge in [-0.3, -0.25) is 9.59 Å². The lowest BCUT2D eigenvalue weighted by molar-refractivity contribution is -0.137. The van der Waals surface area contributed by atoms with Crippen LogP contribution in [0, 0.1) is 22.6 Å². The summed E-state index contributed by atoms with van der Waals surface area (Å²) in [6, 6.07) is 3.89. The maximum atomic E-state index is 14.2. The Kier molecular flexibility index (Phi) is 6.12. The Morgan fingerprint density at radius 3 is 2.39 bits per heavy atom. The molecule has 3 saturated carbocycles. The van der Waals surface area contributed by atoms with Crippen LogP contribution in [0.4, 0.5) is 23.2 Å². The minimum Gasteiger partial charge on any atom is -0.326 e. The van der Waals surface area contributed by atoms with Crippen LogP contribution in [0.2, 0.25) is 0 Å². The molecule has 1 saturated heterocycles. The molecule has 6 nitrogen and oxygen atoms in total. The standard InChI is InChI=1S/C23H26F4N4O2/c24-17-12-15(23(25,26)27)3-4-18(17)30-20(33)21-5-8-22(9-6-21,10-7-21)29-14-19(32)31-11-1-2-16(31)13-28/h3-4,12,16,29H,1-2,5-11,14H2,(H,30,33). The van der Waals surface area contributed by atoms with Crippen molar-refractivity contribution in [2.75, 3.05) is 18.4 Å². The molecule has 4 aliphatic rings. The number of benzene rings is 1. The molecule has 2 N–H and O–H groups in total. The van der Waals surface area contributed by atoms with Crippen LogP contribution < -0.4 is 10.6 Å². The quantitative estimate of drug-likeness (QED) is 0.643. The Balaban J connectivity index is 1.34. The molecule has 10 heteroatoms. The van der Waals surface area contributed by atoms with Gasteiger partial charge in [-0.1, -0.05) is 0 Å². The number of nitrogens with zero attached hydrogens (tertiary/aromatic N) is 2. The first-order valence-corrected chi connectivity index (χ1v) is 11.2. The van der Waals surface area contributed by atoms with Crippen molar-refractivity contribution in [2.45, 2.75) is 69.1 Å².